The number of esters is 3. The maximum Gasteiger partial charge on any atom is 0.342 e. The van der Waals surface area contributed by atoms with Crippen molar-refractivity contribution < 1.29 is 28.6 Å². The highest BCUT2D eigenvalue weighted by atomic mass is 16.6. The van der Waals surface area contributed by atoms with Crippen LogP contribution in [0.25, 0.3) is 0 Å². The van der Waals surface area contributed by atoms with E-state index in [2.05, 4.69) is 19.7 Å². The van der Waals surface area contributed by atoms with Gasteiger partial charge in [0.2, 0.25) is 0 Å². The molecule has 1 heterocycles. The van der Waals surface area contributed by atoms with Crippen LogP contribution in [-0.4, -0.2) is 31.6 Å². The number of carbonyl (C=O) groups is 3. The molecule has 1 aromatic rings. The number of ether oxygens (including phenoxy) is 3. The number of hydrogen-bond acceptors (Lipinski definition) is 9. The lowest BCUT2D eigenvalue weighted by molar-refractivity contribution is -0.152. The van der Waals surface area contributed by atoms with E-state index in [1.165, 1.54) is 20.8 Å². The molecule has 3 atom stereocenters. The predicted molar refractivity (Wildman–Crippen MR) is 158 cm³/mol. The summed E-state index contributed by atoms with van der Waals surface area (Å²) >= 11 is 0. The van der Waals surface area contributed by atoms with Gasteiger partial charge in [0.05, 0.1) is 0 Å². The average molecular weight is 592 g/mol. The van der Waals surface area contributed by atoms with Gasteiger partial charge >= 0.3 is 35.0 Å². The highest BCUT2D eigenvalue weighted by Gasteiger charge is 2.32. The van der Waals surface area contributed by atoms with Gasteiger partial charge in [-0.3, -0.25) is 0 Å². The fraction of sp³-hybridized carbons (Fsp3) is 0.600. The van der Waals surface area contributed by atoms with Gasteiger partial charge in [-0.25, -0.2) is 42.5 Å². The minimum absolute atomic E-state index is 0.0330. The standard InChI is InChI=1S/C30H45N3O9/c1-10-13-16-22(40-25(34)19(4)5)31-28(37)32(23(17-14-11-2)41-26(35)20(6)7)30(39)33(29(31)38)24(18-15-12-3)42-27(36)21(8)9/h22-24H,4,6,8,10-18H2,1-3,5,7,9H3. The molecular formula is C30H45N3O9. The summed E-state index contributed by atoms with van der Waals surface area (Å²) < 4.78 is 18.5. The van der Waals surface area contributed by atoms with Crippen LogP contribution in [0.3, 0.4) is 0 Å². The van der Waals surface area contributed by atoms with E-state index in [1.54, 1.807) is 0 Å². The van der Waals surface area contributed by atoms with Gasteiger partial charge < -0.3 is 14.2 Å². The Hall–Kier alpha value is -3.96. The minimum Gasteiger partial charge on any atom is -0.438 e. The number of unbranched alkanes of at least 4 members (excludes halogenated alkanes) is 3. The van der Waals surface area contributed by atoms with E-state index in [-0.39, 0.29) is 36.0 Å². The summed E-state index contributed by atoms with van der Waals surface area (Å²) in [5.41, 5.74) is -3.34. The number of nitrogens with zero attached hydrogens (tertiary/aromatic N) is 3. The summed E-state index contributed by atoms with van der Waals surface area (Å²) in [4.78, 5) is 79.7. The Morgan fingerprint density at radius 3 is 0.929 bits per heavy atom. The van der Waals surface area contributed by atoms with Crippen molar-refractivity contribution in [1.29, 1.82) is 0 Å². The first-order valence-corrected chi connectivity index (χ1v) is 14.3. The second-order valence-corrected chi connectivity index (χ2v) is 10.3. The molecule has 0 spiro atoms. The van der Waals surface area contributed by atoms with Gasteiger partial charge in [-0.05, 0) is 40.0 Å². The summed E-state index contributed by atoms with van der Waals surface area (Å²) in [6, 6.07) is 0. The summed E-state index contributed by atoms with van der Waals surface area (Å²) in [5, 5.41) is 0. The smallest absolute Gasteiger partial charge is 0.342 e. The fourth-order valence-corrected chi connectivity index (χ4v) is 3.86. The molecule has 12 heteroatoms. The SMILES string of the molecule is C=C(C)C(=O)OC(CCCC)n1c(=O)n(C(CCCC)OC(=O)C(=C)C)c(=O)n(C(CCCC)OC(=O)C(=C)C)c1=O. The van der Waals surface area contributed by atoms with Gasteiger partial charge in [-0.2, -0.15) is 0 Å². The van der Waals surface area contributed by atoms with E-state index >= 15 is 0 Å². The molecule has 12 nitrogen and oxygen atoms in total. The monoisotopic (exact) mass is 591 g/mol. The topological polar surface area (TPSA) is 145 Å². The normalized spacial score (nSPS) is 13.0. The maximum absolute atomic E-state index is 14.0. The van der Waals surface area contributed by atoms with Crippen molar-refractivity contribution in [3.63, 3.8) is 0 Å². The van der Waals surface area contributed by atoms with Crippen molar-refractivity contribution in [2.45, 2.75) is 118 Å². The molecule has 0 amide bonds. The van der Waals surface area contributed by atoms with Crippen LogP contribution in [-0.2, 0) is 28.6 Å². The second kappa shape index (κ2) is 17.1. The highest BCUT2D eigenvalue weighted by molar-refractivity contribution is 5.87. The van der Waals surface area contributed by atoms with E-state index in [4.69, 9.17) is 14.2 Å². The Morgan fingerprint density at radius 1 is 0.548 bits per heavy atom. The number of aromatic nitrogens is 3. The van der Waals surface area contributed by atoms with Crippen LogP contribution in [0.15, 0.2) is 50.8 Å². The first-order valence-electron chi connectivity index (χ1n) is 14.3. The van der Waals surface area contributed by atoms with Gasteiger partial charge in [0.15, 0.2) is 18.7 Å². The third-order valence-corrected chi connectivity index (χ3v) is 6.29. The Bertz CT molecular complexity index is 1160. The molecular weight excluding hydrogens is 546 g/mol. The lowest BCUT2D eigenvalue weighted by Gasteiger charge is -2.27. The van der Waals surface area contributed by atoms with E-state index in [0.717, 1.165) is 0 Å². The molecule has 0 aromatic carbocycles. The summed E-state index contributed by atoms with van der Waals surface area (Å²) in [5.74, 6) is -2.54. The lowest BCUT2D eigenvalue weighted by Crippen LogP contribution is -2.58. The van der Waals surface area contributed by atoms with Crippen LogP contribution in [0.1, 0.15) is 118 Å². The molecule has 0 saturated heterocycles. The van der Waals surface area contributed by atoms with Crippen molar-refractivity contribution in [2.24, 2.45) is 0 Å². The largest absolute Gasteiger partial charge is 0.438 e. The zero-order valence-corrected chi connectivity index (χ0v) is 25.7. The van der Waals surface area contributed by atoms with Crippen LogP contribution >= 0.6 is 0 Å². The molecule has 0 saturated carbocycles. The molecule has 1 aromatic heterocycles. The number of hydrogen-bond donors (Lipinski definition) is 0. The summed E-state index contributed by atoms with van der Waals surface area (Å²) in [7, 11) is 0. The van der Waals surface area contributed by atoms with Crippen molar-refractivity contribution in [1.82, 2.24) is 13.7 Å². The molecule has 1 rings (SSSR count). The van der Waals surface area contributed by atoms with Crippen molar-refractivity contribution in [3.05, 3.63) is 67.9 Å². The van der Waals surface area contributed by atoms with Gasteiger partial charge in [-0.1, -0.05) is 59.8 Å². The number of rotatable bonds is 18. The van der Waals surface area contributed by atoms with E-state index in [1.807, 2.05) is 20.8 Å². The first kappa shape index (κ1) is 36.1. The van der Waals surface area contributed by atoms with Gasteiger partial charge in [0.25, 0.3) is 0 Å². The predicted octanol–water partition coefficient (Wildman–Crippen LogP) is 4.60. The van der Waals surface area contributed by atoms with E-state index in [0.29, 0.717) is 52.2 Å². The van der Waals surface area contributed by atoms with E-state index < -0.39 is 53.7 Å². The average Bonchev–Trinajstić information content (AvgIpc) is 2.92. The number of carbonyl (C=O) groups excluding carboxylic acids is 3. The van der Waals surface area contributed by atoms with Gasteiger partial charge in [0, 0.05) is 36.0 Å². The molecule has 3 unspecified atom stereocenters. The Balaban J connectivity index is 4.24. The van der Waals surface area contributed by atoms with E-state index in [9.17, 15) is 28.8 Å². The van der Waals surface area contributed by atoms with Crippen LogP contribution in [0.5, 0.6) is 0 Å². The molecule has 0 aliphatic heterocycles. The van der Waals surface area contributed by atoms with Crippen molar-refractivity contribution in [3.8, 4) is 0 Å². The minimum atomic E-state index is -1.43. The second-order valence-electron chi connectivity index (χ2n) is 10.3. The van der Waals surface area contributed by atoms with Gasteiger partial charge in [0.1, 0.15) is 0 Å². The molecule has 0 N–H and O–H groups in total. The van der Waals surface area contributed by atoms with Crippen molar-refractivity contribution in [2.75, 3.05) is 0 Å². The zero-order valence-electron chi connectivity index (χ0n) is 25.7. The van der Waals surface area contributed by atoms with Crippen LogP contribution < -0.4 is 17.1 Å². The molecule has 0 aliphatic carbocycles. The molecule has 42 heavy (non-hydrogen) atoms. The summed E-state index contributed by atoms with van der Waals surface area (Å²) in [6.45, 7) is 20.6. The lowest BCUT2D eigenvalue weighted by atomic mass is 10.2. The first-order chi connectivity index (χ1) is 19.7. The Labute approximate surface area is 246 Å². The molecule has 0 bridgehead atoms. The fourth-order valence-electron chi connectivity index (χ4n) is 3.86. The highest BCUT2D eigenvalue weighted by Crippen LogP contribution is 2.20. The van der Waals surface area contributed by atoms with Crippen molar-refractivity contribution >= 4 is 17.9 Å². The van der Waals surface area contributed by atoms with Crippen LogP contribution in [0.4, 0.5) is 0 Å². The molecule has 0 aliphatic rings. The zero-order chi connectivity index (χ0) is 32.1. The molecule has 0 radical (unpaired) electrons. The van der Waals surface area contributed by atoms with Crippen LogP contribution in [0.2, 0.25) is 0 Å². The molecule has 234 valence electrons. The maximum atomic E-state index is 14.0. The third kappa shape index (κ3) is 9.56. The third-order valence-electron chi connectivity index (χ3n) is 6.29. The summed E-state index contributed by atoms with van der Waals surface area (Å²) in [6.07, 6.45) is -0.874. The van der Waals surface area contributed by atoms with Crippen LogP contribution in [0, 0.1) is 0 Å². The van der Waals surface area contributed by atoms with Gasteiger partial charge in [-0.15, -0.1) is 0 Å². The Morgan fingerprint density at radius 2 is 0.762 bits per heavy atom. The Kier molecular flexibility index (Phi) is 14.7. The quantitative estimate of drug-likeness (QED) is 0.136. The molecule has 0 fully saturated rings.